The van der Waals surface area contributed by atoms with Crippen molar-refractivity contribution in [2.75, 3.05) is 0 Å². The lowest BCUT2D eigenvalue weighted by Crippen LogP contribution is -2.13. The fourth-order valence-electron chi connectivity index (χ4n) is 1.86. The Morgan fingerprint density at radius 3 is 2.33 bits per heavy atom. The van der Waals surface area contributed by atoms with Crippen LogP contribution in [0.4, 0.5) is 0 Å². The number of nitrogens with zero attached hydrogens (tertiary/aromatic N) is 1. The van der Waals surface area contributed by atoms with Gasteiger partial charge in [0.15, 0.2) is 5.84 Å². The SMILES string of the molecule is c1ccc(-c2ccc(CC3=NOSN3)cc2)cc1. The lowest BCUT2D eigenvalue weighted by molar-refractivity contribution is 0.415. The second-order valence-electron chi connectivity index (χ2n) is 4.04. The molecule has 0 fully saturated rings. The molecule has 2 aromatic carbocycles. The molecule has 90 valence electrons. The van der Waals surface area contributed by atoms with Crippen molar-refractivity contribution in [1.82, 2.24) is 4.72 Å². The van der Waals surface area contributed by atoms with Crippen LogP contribution in [0.3, 0.4) is 0 Å². The minimum Gasteiger partial charge on any atom is -0.297 e. The Balaban J connectivity index is 1.77. The van der Waals surface area contributed by atoms with E-state index in [0.29, 0.717) is 0 Å². The van der Waals surface area contributed by atoms with Gasteiger partial charge in [-0.3, -0.25) is 9.01 Å². The number of oxime groups is 1. The van der Waals surface area contributed by atoms with Gasteiger partial charge in [-0.25, -0.2) is 0 Å². The molecule has 1 N–H and O–H groups in total. The van der Waals surface area contributed by atoms with Gasteiger partial charge < -0.3 is 0 Å². The molecule has 0 aromatic heterocycles. The number of rotatable bonds is 3. The van der Waals surface area contributed by atoms with Crippen LogP contribution in [0.1, 0.15) is 5.56 Å². The Hall–Kier alpha value is -1.94. The first kappa shape index (κ1) is 11.2. The summed E-state index contributed by atoms with van der Waals surface area (Å²) >= 11 is 1.15. The second kappa shape index (κ2) is 5.14. The summed E-state index contributed by atoms with van der Waals surface area (Å²) in [7, 11) is 0. The molecular weight excluding hydrogens is 244 g/mol. The van der Waals surface area contributed by atoms with Crippen molar-refractivity contribution < 1.29 is 4.28 Å². The number of hydrogen-bond acceptors (Lipinski definition) is 4. The Labute approximate surface area is 110 Å². The van der Waals surface area contributed by atoms with Crippen molar-refractivity contribution in [2.45, 2.75) is 6.42 Å². The molecule has 18 heavy (non-hydrogen) atoms. The molecular formula is C14H12N2OS. The summed E-state index contributed by atoms with van der Waals surface area (Å²) in [6, 6.07) is 18.9. The standard InChI is InChI=1S/C14H12N2OS/c1-2-4-12(5-3-1)13-8-6-11(7-9-13)10-14-15-17-18-16-14/h1-9H,10H2,(H,15,16). The third-order valence-electron chi connectivity index (χ3n) is 2.78. The van der Waals surface area contributed by atoms with Crippen molar-refractivity contribution in [3.05, 3.63) is 60.2 Å². The molecule has 0 aliphatic carbocycles. The zero-order chi connectivity index (χ0) is 12.2. The highest BCUT2D eigenvalue weighted by molar-refractivity contribution is 7.93. The van der Waals surface area contributed by atoms with Crippen LogP contribution in [-0.2, 0) is 10.7 Å². The normalized spacial score (nSPS) is 13.7. The third-order valence-corrected chi connectivity index (χ3v) is 3.24. The quantitative estimate of drug-likeness (QED) is 0.675. The lowest BCUT2D eigenvalue weighted by atomic mass is 10.0. The van der Waals surface area contributed by atoms with Crippen molar-refractivity contribution in [3.63, 3.8) is 0 Å². The molecule has 2 aromatic rings. The van der Waals surface area contributed by atoms with Crippen molar-refractivity contribution in [3.8, 4) is 11.1 Å². The third kappa shape index (κ3) is 2.49. The molecule has 0 unspecified atom stereocenters. The van der Waals surface area contributed by atoms with E-state index in [0.717, 1.165) is 24.5 Å². The first-order valence-electron chi connectivity index (χ1n) is 5.72. The van der Waals surface area contributed by atoms with Crippen LogP contribution >= 0.6 is 12.2 Å². The highest BCUT2D eigenvalue weighted by Gasteiger charge is 2.08. The van der Waals surface area contributed by atoms with Crippen LogP contribution in [0.2, 0.25) is 0 Å². The Morgan fingerprint density at radius 1 is 0.944 bits per heavy atom. The summed E-state index contributed by atoms with van der Waals surface area (Å²) < 4.78 is 7.81. The van der Waals surface area contributed by atoms with Gasteiger partial charge in [0, 0.05) is 6.42 Å². The Bertz CT molecular complexity index is 552. The maximum absolute atomic E-state index is 4.82. The number of amidine groups is 1. The molecule has 0 spiro atoms. The molecule has 0 amide bonds. The van der Waals surface area contributed by atoms with E-state index in [9.17, 15) is 0 Å². The molecule has 0 bridgehead atoms. The van der Waals surface area contributed by atoms with Crippen molar-refractivity contribution in [2.24, 2.45) is 5.16 Å². The van der Waals surface area contributed by atoms with Gasteiger partial charge in [0.1, 0.15) is 0 Å². The first-order valence-corrected chi connectivity index (χ1v) is 6.46. The summed E-state index contributed by atoms with van der Waals surface area (Å²) in [6.07, 6.45) is 0.766. The van der Waals surface area contributed by atoms with E-state index in [1.54, 1.807) is 0 Å². The predicted molar refractivity (Wildman–Crippen MR) is 74.8 cm³/mol. The Morgan fingerprint density at radius 2 is 1.67 bits per heavy atom. The summed E-state index contributed by atoms with van der Waals surface area (Å²) in [5.74, 6) is 0.854. The van der Waals surface area contributed by atoms with Gasteiger partial charge in [-0.1, -0.05) is 59.8 Å². The number of hydrogen-bond donors (Lipinski definition) is 1. The van der Waals surface area contributed by atoms with Crippen LogP contribution in [0, 0.1) is 0 Å². The van der Waals surface area contributed by atoms with Gasteiger partial charge in [-0.15, -0.1) is 0 Å². The van der Waals surface area contributed by atoms with Gasteiger partial charge in [-0.2, -0.15) is 0 Å². The van der Waals surface area contributed by atoms with Gasteiger partial charge in [0.05, 0.1) is 0 Å². The fourth-order valence-corrected chi connectivity index (χ4v) is 2.23. The molecule has 1 aliphatic heterocycles. The maximum atomic E-state index is 4.82. The average molecular weight is 256 g/mol. The van der Waals surface area contributed by atoms with Gasteiger partial charge in [0.25, 0.3) is 0 Å². The first-order chi connectivity index (χ1) is 8.92. The molecule has 3 nitrogen and oxygen atoms in total. The van der Waals surface area contributed by atoms with Crippen LogP contribution < -0.4 is 4.72 Å². The molecule has 1 aliphatic rings. The van der Waals surface area contributed by atoms with Crippen LogP contribution in [0.25, 0.3) is 11.1 Å². The van der Waals surface area contributed by atoms with Crippen molar-refractivity contribution >= 4 is 18.1 Å². The fraction of sp³-hybridized carbons (Fsp3) is 0.0714. The summed E-state index contributed by atoms with van der Waals surface area (Å²) in [5.41, 5.74) is 3.68. The van der Waals surface area contributed by atoms with E-state index in [1.807, 2.05) is 6.07 Å². The highest BCUT2D eigenvalue weighted by atomic mass is 32.2. The number of nitrogens with one attached hydrogen (secondary N) is 1. The molecule has 0 saturated heterocycles. The van der Waals surface area contributed by atoms with Crippen LogP contribution in [0.5, 0.6) is 0 Å². The summed E-state index contributed by atoms with van der Waals surface area (Å²) in [5, 5.41) is 3.88. The van der Waals surface area contributed by atoms with E-state index in [4.69, 9.17) is 4.28 Å². The Kier molecular flexibility index (Phi) is 3.19. The van der Waals surface area contributed by atoms with E-state index in [2.05, 4.69) is 58.4 Å². The lowest BCUT2D eigenvalue weighted by Gasteiger charge is -2.03. The zero-order valence-corrected chi connectivity index (χ0v) is 10.5. The largest absolute Gasteiger partial charge is 0.297 e. The van der Waals surface area contributed by atoms with E-state index in [-0.39, 0.29) is 0 Å². The zero-order valence-electron chi connectivity index (χ0n) is 9.67. The minimum absolute atomic E-state index is 0.766. The van der Waals surface area contributed by atoms with Crippen LogP contribution in [0.15, 0.2) is 59.8 Å². The predicted octanol–water partition coefficient (Wildman–Crippen LogP) is 3.39. The molecule has 3 rings (SSSR count). The summed E-state index contributed by atoms with van der Waals surface area (Å²) in [6.45, 7) is 0. The van der Waals surface area contributed by atoms with Crippen LogP contribution in [-0.4, -0.2) is 5.84 Å². The van der Waals surface area contributed by atoms with Gasteiger partial charge >= 0.3 is 0 Å². The summed E-state index contributed by atoms with van der Waals surface area (Å²) in [4.78, 5) is 0. The molecule has 4 heteroatoms. The minimum atomic E-state index is 0.766. The van der Waals surface area contributed by atoms with E-state index in [1.165, 1.54) is 16.7 Å². The topological polar surface area (TPSA) is 33.6 Å². The van der Waals surface area contributed by atoms with Gasteiger partial charge in [-0.05, 0) is 16.7 Å². The maximum Gasteiger partial charge on any atom is 0.208 e. The van der Waals surface area contributed by atoms with E-state index < -0.39 is 0 Å². The second-order valence-corrected chi connectivity index (χ2v) is 4.56. The van der Waals surface area contributed by atoms with Crippen molar-refractivity contribution in [1.29, 1.82) is 0 Å². The molecule has 0 radical (unpaired) electrons. The molecule has 0 atom stereocenters. The molecule has 1 heterocycles. The smallest absolute Gasteiger partial charge is 0.208 e. The number of benzene rings is 2. The van der Waals surface area contributed by atoms with Gasteiger partial charge in [0.2, 0.25) is 12.2 Å². The molecule has 0 saturated carbocycles. The van der Waals surface area contributed by atoms with E-state index >= 15 is 0 Å². The highest BCUT2D eigenvalue weighted by Crippen LogP contribution is 2.20. The monoisotopic (exact) mass is 256 g/mol. The average Bonchev–Trinajstić information content (AvgIpc) is 2.94.